The van der Waals surface area contributed by atoms with Crippen LogP contribution in [0.25, 0.3) is 10.9 Å². The molecule has 1 fully saturated rings. The third kappa shape index (κ3) is 3.33. The fourth-order valence-electron chi connectivity index (χ4n) is 2.76. The van der Waals surface area contributed by atoms with Gasteiger partial charge >= 0.3 is 0 Å². The normalized spacial score (nSPS) is 15.1. The minimum Gasteiger partial charge on any atom is -0.395 e. The molecule has 1 saturated carbocycles. The number of nitrogens with zero attached hydrogens (tertiary/aromatic N) is 2. The second-order valence-electron chi connectivity index (χ2n) is 5.57. The van der Waals surface area contributed by atoms with Crippen molar-refractivity contribution in [3.05, 3.63) is 30.0 Å². The Morgan fingerprint density at radius 1 is 1.32 bits per heavy atom. The summed E-state index contributed by atoms with van der Waals surface area (Å²) in [4.78, 5) is 20.8. The lowest BCUT2D eigenvalue weighted by atomic mass is 10.1. The predicted molar refractivity (Wildman–Crippen MR) is 84.8 cm³/mol. The molecule has 1 aromatic heterocycles. The summed E-state index contributed by atoms with van der Waals surface area (Å²) in [6, 6.07) is 5.78. The molecule has 0 unspecified atom stereocenters. The summed E-state index contributed by atoms with van der Waals surface area (Å²) in [6.07, 6.45) is 6.59. The molecule has 2 aromatic rings. The Kier molecular flexibility index (Phi) is 4.48. The van der Waals surface area contributed by atoms with Crippen LogP contribution >= 0.6 is 0 Å². The van der Waals surface area contributed by atoms with E-state index in [1.165, 1.54) is 12.8 Å². The van der Waals surface area contributed by atoms with Crippen LogP contribution in [-0.2, 0) is 0 Å². The van der Waals surface area contributed by atoms with E-state index in [-0.39, 0.29) is 19.1 Å². The zero-order valence-corrected chi connectivity index (χ0v) is 12.4. The third-order valence-corrected chi connectivity index (χ3v) is 3.93. The minimum atomic E-state index is -0.208. The van der Waals surface area contributed by atoms with E-state index in [0.29, 0.717) is 17.6 Å². The molecule has 1 amide bonds. The number of carbonyl (C=O) groups is 1. The zero-order chi connectivity index (χ0) is 15.4. The average molecular weight is 300 g/mol. The van der Waals surface area contributed by atoms with E-state index in [1.807, 2.05) is 6.07 Å². The summed E-state index contributed by atoms with van der Waals surface area (Å²) in [5.74, 6) is 0.409. The SMILES string of the molecule is O=C(NCCO)c1ccc2cnc(NC3CCCC3)nc2c1. The molecule has 1 aliphatic carbocycles. The first-order valence-electron chi connectivity index (χ1n) is 7.68. The number of benzene rings is 1. The smallest absolute Gasteiger partial charge is 0.251 e. The number of rotatable bonds is 5. The first-order chi connectivity index (χ1) is 10.8. The molecule has 6 heteroatoms. The van der Waals surface area contributed by atoms with Gasteiger partial charge in [-0.3, -0.25) is 4.79 Å². The number of hydrogen-bond donors (Lipinski definition) is 3. The van der Waals surface area contributed by atoms with Crippen LogP contribution < -0.4 is 10.6 Å². The molecule has 0 bridgehead atoms. The summed E-state index contributed by atoms with van der Waals surface area (Å²) in [7, 11) is 0. The van der Waals surface area contributed by atoms with Crippen molar-refractivity contribution in [1.82, 2.24) is 15.3 Å². The van der Waals surface area contributed by atoms with Crippen LogP contribution in [-0.4, -0.2) is 40.2 Å². The number of fused-ring (bicyclic) bond motifs is 1. The molecule has 3 N–H and O–H groups in total. The van der Waals surface area contributed by atoms with E-state index in [9.17, 15) is 4.79 Å². The van der Waals surface area contributed by atoms with Gasteiger partial charge in [0.15, 0.2) is 0 Å². The summed E-state index contributed by atoms with van der Waals surface area (Å²) in [5.41, 5.74) is 1.28. The Labute approximate surface area is 129 Å². The topological polar surface area (TPSA) is 87.1 Å². The van der Waals surface area contributed by atoms with Gasteiger partial charge in [0, 0.05) is 29.7 Å². The summed E-state index contributed by atoms with van der Waals surface area (Å²) in [6.45, 7) is 0.173. The molecule has 6 nitrogen and oxygen atoms in total. The van der Waals surface area contributed by atoms with Gasteiger partial charge in [0.2, 0.25) is 5.95 Å². The molecule has 1 heterocycles. The van der Waals surface area contributed by atoms with Gasteiger partial charge in [0.1, 0.15) is 0 Å². The summed E-state index contributed by atoms with van der Waals surface area (Å²) in [5, 5.41) is 15.7. The zero-order valence-electron chi connectivity index (χ0n) is 12.4. The summed E-state index contributed by atoms with van der Waals surface area (Å²) >= 11 is 0. The van der Waals surface area contributed by atoms with Crippen molar-refractivity contribution in [1.29, 1.82) is 0 Å². The van der Waals surface area contributed by atoms with Gasteiger partial charge in [0.25, 0.3) is 5.91 Å². The van der Waals surface area contributed by atoms with Crippen molar-refractivity contribution in [3.63, 3.8) is 0 Å². The van der Waals surface area contributed by atoms with Crippen molar-refractivity contribution in [2.24, 2.45) is 0 Å². The number of aliphatic hydroxyl groups is 1. The highest BCUT2D eigenvalue weighted by molar-refractivity contribution is 5.97. The molecule has 1 aliphatic rings. The number of amides is 1. The van der Waals surface area contributed by atoms with Crippen molar-refractivity contribution in [2.45, 2.75) is 31.7 Å². The molecule has 1 aromatic carbocycles. The number of anilines is 1. The molecule has 116 valence electrons. The van der Waals surface area contributed by atoms with Crippen LogP contribution in [0.3, 0.4) is 0 Å². The maximum atomic E-state index is 11.9. The van der Waals surface area contributed by atoms with Gasteiger partial charge in [0.05, 0.1) is 12.1 Å². The van der Waals surface area contributed by atoms with Crippen LogP contribution in [0.1, 0.15) is 36.0 Å². The van der Waals surface area contributed by atoms with E-state index in [1.54, 1.807) is 18.3 Å². The number of nitrogens with one attached hydrogen (secondary N) is 2. The summed E-state index contributed by atoms with van der Waals surface area (Å²) < 4.78 is 0. The predicted octanol–water partition coefficient (Wildman–Crippen LogP) is 1.71. The molecule has 0 atom stereocenters. The lowest BCUT2D eigenvalue weighted by Crippen LogP contribution is -2.26. The van der Waals surface area contributed by atoms with E-state index in [2.05, 4.69) is 20.6 Å². The highest BCUT2D eigenvalue weighted by Crippen LogP contribution is 2.22. The van der Waals surface area contributed by atoms with Crippen molar-refractivity contribution in [3.8, 4) is 0 Å². The lowest BCUT2D eigenvalue weighted by Gasteiger charge is -2.12. The first kappa shape index (κ1) is 14.7. The molecular weight excluding hydrogens is 280 g/mol. The largest absolute Gasteiger partial charge is 0.395 e. The van der Waals surface area contributed by atoms with Crippen LogP contribution in [0.2, 0.25) is 0 Å². The van der Waals surface area contributed by atoms with Crippen LogP contribution in [0, 0.1) is 0 Å². The van der Waals surface area contributed by atoms with Crippen LogP contribution in [0.5, 0.6) is 0 Å². The van der Waals surface area contributed by atoms with Gasteiger partial charge < -0.3 is 15.7 Å². The second-order valence-corrected chi connectivity index (χ2v) is 5.57. The number of aromatic nitrogens is 2. The minimum absolute atomic E-state index is 0.0725. The Morgan fingerprint density at radius 2 is 2.14 bits per heavy atom. The number of carbonyl (C=O) groups excluding carboxylic acids is 1. The lowest BCUT2D eigenvalue weighted by molar-refractivity contribution is 0.0945. The molecule has 22 heavy (non-hydrogen) atoms. The average Bonchev–Trinajstić information content (AvgIpc) is 3.05. The Hall–Kier alpha value is -2.21. The fourth-order valence-corrected chi connectivity index (χ4v) is 2.76. The quantitative estimate of drug-likeness (QED) is 0.782. The Bertz CT molecular complexity index is 668. The van der Waals surface area contributed by atoms with Crippen LogP contribution in [0.15, 0.2) is 24.4 Å². The highest BCUT2D eigenvalue weighted by Gasteiger charge is 2.15. The van der Waals surface area contributed by atoms with Gasteiger partial charge in [-0.05, 0) is 25.0 Å². The van der Waals surface area contributed by atoms with Crippen molar-refractivity contribution in [2.75, 3.05) is 18.5 Å². The fraction of sp³-hybridized carbons (Fsp3) is 0.438. The Morgan fingerprint density at radius 3 is 2.91 bits per heavy atom. The Balaban J connectivity index is 1.80. The maximum absolute atomic E-state index is 11.9. The molecular formula is C16H20N4O2. The van der Waals surface area contributed by atoms with Crippen molar-refractivity contribution >= 4 is 22.8 Å². The number of hydrogen-bond acceptors (Lipinski definition) is 5. The molecule has 3 rings (SSSR count). The monoisotopic (exact) mass is 300 g/mol. The van der Waals surface area contributed by atoms with E-state index in [0.717, 1.165) is 23.7 Å². The van der Waals surface area contributed by atoms with Crippen LogP contribution in [0.4, 0.5) is 5.95 Å². The van der Waals surface area contributed by atoms with E-state index >= 15 is 0 Å². The maximum Gasteiger partial charge on any atom is 0.251 e. The molecule has 0 spiro atoms. The third-order valence-electron chi connectivity index (χ3n) is 3.93. The first-order valence-corrected chi connectivity index (χ1v) is 7.68. The van der Waals surface area contributed by atoms with Gasteiger partial charge in [-0.15, -0.1) is 0 Å². The highest BCUT2D eigenvalue weighted by atomic mass is 16.3. The van der Waals surface area contributed by atoms with Crippen molar-refractivity contribution < 1.29 is 9.90 Å². The number of aliphatic hydroxyl groups excluding tert-OH is 1. The van der Waals surface area contributed by atoms with Gasteiger partial charge in [-0.2, -0.15) is 0 Å². The van der Waals surface area contributed by atoms with E-state index in [4.69, 9.17) is 5.11 Å². The molecule has 0 radical (unpaired) electrons. The van der Waals surface area contributed by atoms with Gasteiger partial charge in [-0.1, -0.05) is 18.9 Å². The van der Waals surface area contributed by atoms with E-state index < -0.39 is 0 Å². The molecule has 0 aliphatic heterocycles. The standard InChI is InChI=1S/C16H20N4O2/c21-8-7-17-15(22)11-5-6-12-10-18-16(20-14(12)9-11)19-13-3-1-2-4-13/h5-6,9-10,13,21H,1-4,7-8H2,(H,17,22)(H,18,19,20). The van der Waals surface area contributed by atoms with Gasteiger partial charge in [-0.25, -0.2) is 9.97 Å². The second kappa shape index (κ2) is 6.70. The molecule has 0 saturated heterocycles.